The summed E-state index contributed by atoms with van der Waals surface area (Å²) < 4.78 is 7.47. The van der Waals surface area contributed by atoms with Gasteiger partial charge in [0.1, 0.15) is 18.1 Å². The van der Waals surface area contributed by atoms with Crippen molar-refractivity contribution >= 4 is 44.2 Å². The van der Waals surface area contributed by atoms with Crippen LogP contribution in [0, 0.1) is 0 Å². The van der Waals surface area contributed by atoms with Gasteiger partial charge in [-0.2, -0.15) is 4.98 Å². The number of para-hydroxylation sites is 1. The summed E-state index contributed by atoms with van der Waals surface area (Å²) in [6.07, 6.45) is 0. The van der Waals surface area contributed by atoms with Gasteiger partial charge < -0.3 is 15.4 Å². The van der Waals surface area contributed by atoms with E-state index in [4.69, 9.17) is 4.74 Å². The molecule has 0 bridgehead atoms. The molecule has 32 heavy (non-hydrogen) atoms. The van der Waals surface area contributed by atoms with Gasteiger partial charge in [-0.15, -0.1) is 0 Å². The van der Waals surface area contributed by atoms with Gasteiger partial charge in [-0.25, -0.2) is 4.79 Å². The molecule has 0 radical (unpaired) electrons. The molecule has 162 valence electrons. The van der Waals surface area contributed by atoms with E-state index in [1.165, 1.54) is 4.57 Å². The number of carbonyl (C=O) groups is 1. The first kappa shape index (κ1) is 21.6. The van der Waals surface area contributed by atoms with Crippen LogP contribution in [0.3, 0.4) is 0 Å². The van der Waals surface area contributed by atoms with Crippen LogP contribution in [0.1, 0.15) is 5.56 Å². The van der Waals surface area contributed by atoms with Crippen LogP contribution in [0.2, 0.25) is 0 Å². The van der Waals surface area contributed by atoms with Crippen LogP contribution in [0.15, 0.2) is 82.1 Å². The number of nitrogens with one attached hydrogen (secondary N) is 2. The average Bonchev–Trinajstić information content (AvgIpc) is 2.81. The number of rotatable bonds is 7. The Morgan fingerprint density at radius 1 is 1.03 bits per heavy atom. The molecule has 1 heterocycles. The summed E-state index contributed by atoms with van der Waals surface area (Å²) in [6, 6.07) is 22.3. The maximum Gasteiger partial charge on any atom is 0.350 e. The molecule has 0 atom stereocenters. The highest BCUT2D eigenvalue weighted by atomic mass is 79.9. The van der Waals surface area contributed by atoms with Gasteiger partial charge in [-0.3, -0.25) is 9.36 Å². The number of carbonyl (C=O) groups excluding carboxylic acids is 1. The second-order valence-electron chi connectivity index (χ2n) is 7.10. The van der Waals surface area contributed by atoms with Crippen LogP contribution in [0.5, 0.6) is 5.75 Å². The van der Waals surface area contributed by atoms with E-state index in [0.717, 1.165) is 21.2 Å². The number of aromatic nitrogens is 2. The van der Waals surface area contributed by atoms with Crippen LogP contribution in [-0.4, -0.2) is 22.6 Å². The van der Waals surface area contributed by atoms with Gasteiger partial charge in [0, 0.05) is 22.1 Å². The Hall–Kier alpha value is -3.65. The molecule has 0 saturated carbocycles. The SMILES string of the molecule is COc1ccc(CNc2nc(=O)n(CC(=O)Nc3ccc(Br)cc3)c3ccccc23)cc1. The maximum atomic E-state index is 12.8. The largest absolute Gasteiger partial charge is 0.497 e. The summed E-state index contributed by atoms with van der Waals surface area (Å²) >= 11 is 3.36. The summed E-state index contributed by atoms with van der Waals surface area (Å²) in [6.45, 7) is 0.357. The number of methoxy groups -OCH3 is 1. The molecule has 0 saturated heterocycles. The van der Waals surface area contributed by atoms with Crippen LogP contribution in [0.4, 0.5) is 11.5 Å². The molecule has 0 unspecified atom stereocenters. The zero-order valence-electron chi connectivity index (χ0n) is 17.3. The molecule has 4 aromatic rings. The fourth-order valence-corrected chi connectivity index (χ4v) is 3.59. The molecular weight excluding hydrogens is 472 g/mol. The zero-order chi connectivity index (χ0) is 22.5. The van der Waals surface area contributed by atoms with Gasteiger partial charge in [-0.1, -0.05) is 40.2 Å². The summed E-state index contributed by atoms with van der Waals surface area (Å²) in [7, 11) is 1.62. The minimum absolute atomic E-state index is 0.138. The molecule has 0 spiro atoms. The van der Waals surface area contributed by atoms with E-state index in [2.05, 4.69) is 31.5 Å². The first-order valence-corrected chi connectivity index (χ1v) is 10.7. The van der Waals surface area contributed by atoms with Crippen LogP contribution >= 0.6 is 15.9 Å². The van der Waals surface area contributed by atoms with E-state index in [9.17, 15) is 9.59 Å². The molecule has 1 amide bonds. The third-order valence-electron chi connectivity index (χ3n) is 4.94. The Labute approximate surface area is 193 Å². The molecule has 3 aromatic carbocycles. The molecule has 0 aliphatic rings. The first-order chi connectivity index (χ1) is 15.5. The third kappa shape index (κ3) is 4.97. The quantitative estimate of drug-likeness (QED) is 0.398. The van der Waals surface area contributed by atoms with Gasteiger partial charge >= 0.3 is 5.69 Å². The van der Waals surface area contributed by atoms with Crippen molar-refractivity contribution in [1.29, 1.82) is 0 Å². The molecule has 1 aromatic heterocycles. The van der Waals surface area contributed by atoms with Crippen molar-refractivity contribution in [3.63, 3.8) is 0 Å². The molecule has 0 fully saturated rings. The first-order valence-electron chi connectivity index (χ1n) is 9.95. The van der Waals surface area contributed by atoms with Gasteiger partial charge in [-0.05, 0) is 54.1 Å². The smallest absolute Gasteiger partial charge is 0.350 e. The standard InChI is InChI=1S/C24H21BrN4O3/c1-32-19-12-6-16(7-13-19)14-26-23-20-4-2-3-5-21(20)29(24(31)28-23)15-22(30)27-18-10-8-17(25)9-11-18/h2-13H,14-15H2,1H3,(H,27,30)(H,26,28,31). The summed E-state index contributed by atoms with van der Waals surface area (Å²) in [5.41, 5.74) is 1.82. The summed E-state index contributed by atoms with van der Waals surface area (Å²) in [5.74, 6) is 0.952. The number of hydrogen-bond acceptors (Lipinski definition) is 5. The van der Waals surface area contributed by atoms with Gasteiger partial charge in [0.05, 0.1) is 12.6 Å². The number of benzene rings is 3. The van der Waals surface area contributed by atoms with Crippen LogP contribution in [-0.2, 0) is 17.9 Å². The van der Waals surface area contributed by atoms with Crippen molar-refractivity contribution in [2.45, 2.75) is 13.1 Å². The zero-order valence-corrected chi connectivity index (χ0v) is 18.9. The fourth-order valence-electron chi connectivity index (χ4n) is 3.32. The summed E-state index contributed by atoms with van der Waals surface area (Å²) in [4.78, 5) is 29.6. The minimum Gasteiger partial charge on any atom is -0.497 e. The third-order valence-corrected chi connectivity index (χ3v) is 5.47. The highest BCUT2D eigenvalue weighted by Gasteiger charge is 2.13. The highest BCUT2D eigenvalue weighted by molar-refractivity contribution is 9.10. The molecule has 2 N–H and O–H groups in total. The number of hydrogen-bond donors (Lipinski definition) is 2. The molecule has 7 nitrogen and oxygen atoms in total. The topological polar surface area (TPSA) is 85.2 Å². The maximum absolute atomic E-state index is 12.8. The Bertz CT molecular complexity index is 1300. The van der Waals surface area contributed by atoms with Crippen LogP contribution in [0.25, 0.3) is 10.9 Å². The van der Waals surface area contributed by atoms with E-state index in [1.54, 1.807) is 19.2 Å². The Balaban J connectivity index is 1.56. The molecular formula is C24H21BrN4O3. The normalized spacial score (nSPS) is 10.7. The molecule has 4 rings (SSSR count). The highest BCUT2D eigenvalue weighted by Crippen LogP contribution is 2.21. The number of anilines is 2. The van der Waals surface area contributed by atoms with Gasteiger partial charge in [0.25, 0.3) is 0 Å². The Morgan fingerprint density at radius 3 is 2.47 bits per heavy atom. The molecule has 8 heteroatoms. The van der Waals surface area contributed by atoms with E-state index in [-0.39, 0.29) is 12.5 Å². The van der Waals surface area contributed by atoms with Crippen molar-refractivity contribution in [2.24, 2.45) is 0 Å². The number of ether oxygens (including phenoxy) is 1. The lowest BCUT2D eigenvalue weighted by atomic mass is 10.2. The number of amides is 1. The second kappa shape index (κ2) is 9.65. The number of nitrogens with zero attached hydrogens (tertiary/aromatic N) is 2. The predicted octanol–water partition coefficient (Wildman–Crippen LogP) is 4.42. The molecule has 0 aliphatic carbocycles. The van der Waals surface area contributed by atoms with E-state index < -0.39 is 5.69 Å². The van der Waals surface area contributed by atoms with Crippen molar-refractivity contribution < 1.29 is 9.53 Å². The lowest BCUT2D eigenvalue weighted by Crippen LogP contribution is -2.30. The Morgan fingerprint density at radius 2 is 1.75 bits per heavy atom. The predicted molar refractivity (Wildman–Crippen MR) is 129 cm³/mol. The van der Waals surface area contributed by atoms with E-state index >= 15 is 0 Å². The molecule has 0 aliphatic heterocycles. The monoisotopic (exact) mass is 492 g/mol. The number of halogens is 1. The average molecular weight is 493 g/mol. The van der Waals surface area contributed by atoms with Crippen LogP contribution < -0.4 is 21.1 Å². The second-order valence-corrected chi connectivity index (χ2v) is 8.02. The summed E-state index contributed by atoms with van der Waals surface area (Å²) in [5, 5.41) is 6.81. The minimum atomic E-state index is -0.494. The number of fused-ring (bicyclic) bond motifs is 1. The fraction of sp³-hybridized carbons (Fsp3) is 0.125. The van der Waals surface area contributed by atoms with Gasteiger partial charge in [0.2, 0.25) is 5.91 Å². The Kier molecular flexibility index (Phi) is 6.51. The lowest BCUT2D eigenvalue weighted by Gasteiger charge is -2.14. The van der Waals surface area contributed by atoms with E-state index in [1.807, 2.05) is 60.7 Å². The van der Waals surface area contributed by atoms with E-state index in [0.29, 0.717) is 23.6 Å². The van der Waals surface area contributed by atoms with Crippen molar-refractivity contribution in [2.75, 3.05) is 17.7 Å². The van der Waals surface area contributed by atoms with Crippen molar-refractivity contribution in [1.82, 2.24) is 9.55 Å². The van der Waals surface area contributed by atoms with Crippen molar-refractivity contribution in [3.8, 4) is 5.75 Å². The lowest BCUT2D eigenvalue weighted by molar-refractivity contribution is -0.116. The van der Waals surface area contributed by atoms with Crippen molar-refractivity contribution in [3.05, 3.63) is 93.3 Å². The van der Waals surface area contributed by atoms with Gasteiger partial charge in [0.15, 0.2) is 0 Å².